The van der Waals surface area contributed by atoms with Gasteiger partial charge in [0.25, 0.3) is 0 Å². The summed E-state index contributed by atoms with van der Waals surface area (Å²) in [6.45, 7) is 0. The van der Waals surface area contributed by atoms with Gasteiger partial charge in [-0.25, -0.2) is 4.39 Å². The van der Waals surface area contributed by atoms with E-state index in [1.807, 2.05) is 18.2 Å². The van der Waals surface area contributed by atoms with E-state index >= 15 is 0 Å². The van der Waals surface area contributed by atoms with Crippen LogP contribution in [0.2, 0.25) is 0 Å². The normalized spacial score (nSPS) is 10.1. The van der Waals surface area contributed by atoms with Crippen LogP contribution in [-0.2, 0) is 11.5 Å². The lowest BCUT2D eigenvalue weighted by molar-refractivity contribution is 0.530. The highest BCUT2D eigenvalue weighted by molar-refractivity contribution is 7.97. The second kappa shape index (κ2) is 5.55. The van der Waals surface area contributed by atoms with Gasteiger partial charge in [0.2, 0.25) is 0 Å². The van der Waals surface area contributed by atoms with Gasteiger partial charge in [-0.3, -0.25) is 0 Å². The number of furan rings is 1. The first-order valence-corrected chi connectivity index (χ1v) is 6.23. The van der Waals surface area contributed by atoms with Gasteiger partial charge in [0.1, 0.15) is 17.6 Å². The van der Waals surface area contributed by atoms with E-state index in [0.717, 1.165) is 22.8 Å². The van der Waals surface area contributed by atoms with Crippen molar-refractivity contribution >= 4 is 11.8 Å². The van der Waals surface area contributed by atoms with Gasteiger partial charge in [0.05, 0.1) is 17.6 Å². The number of hydrogen-bond acceptors (Lipinski definition) is 3. The van der Waals surface area contributed by atoms with Gasteiger partial charge >= 0.3 is 0 Å². The van der Waals surface area contributed by atoms with Crippen molar-refractivity contribution in [2.45, 2.75) is 11.5 Å². The number of hydrogen-bond donors (Lipinski definition) is 0. The Morgan fingerprint density at radius 1 is 1.29 bits per heavy atom. The monoisotopic (exact) mass is 247 g/mol. The Balaban J connectivity index is 1.93. The molecule has 0 N–H and O–H groups in total. The lowest BCUT2D eigenvalue weighted by Gasteiger charge is -2.01. The van der Waals surface area contributed by atoms with Crippen molar-refractivity contribution in [1.29, 1.82) is 5.26 Å². The van der Waals surface area contributed by atoms with Crippen molar-refractivity contribution in [3.05, 3.63) is 59.3 Å². The lowest BCUT2D eigenvalue weighted by Crippen LogP contribution is -1.88. The largest absolute Gasteiger partial charge is 0.468 e. The molecule has 1 heterocycles. The van der Waals surface area contributed by atoms with Crippen LogP contribution in [0.4, 0.5) is 4.39 Å². The Bertz CT molecular complexity index is 531. The Kier molecular flexibility index (Phi) is 3.84. The van der Waals surface area contributed by atoms with Gasteiger partial charge in [-0.1, -0.05) is 6.07 Å². The summed E-state index contributed by atoms with van der Waals surface area (Å²) in [7, 11) is 0. The van der Waals surface area contributed by atoms with E-state index in [1.165, 1.54) is 6.07 Å². The van der Waals surface area contributed by atoms with Crippen molar-refractivity contribution < 1.29 is 8.81 Å². The molecule has 0 spiro atoms. The maximum atomic E-state index is 13.1. The summed E-state index contributed by atoms with van der Waals surface area (Å²) in [4.78, 5) is 0. The van der Waals surface area contributed by atoms with Gasteiger partial charge in [-0.2, -0.15) is 5.26 Å². The molecular weight excluding hydrogens is 237 g/mol. The maximum absolute atomic E-state index is 13.1. The molecule has 86 valence electrons. The number of nitriles is 1. The van der Waals surface area contributed by atoms with Crippen LogP contribution in [0.3, 0.4) is 0 Å². The Morgan fingerprint density at radius 2 is 2.18 bits per heavy atom. The van der Waals surface area contributed by atoms with Crippen molar-refractivity contribution in [3.8, 4) is 6.07 Å². The van der Waals surface area contributed by atoms with Crippen LogP contribution in [0, 0.1) is 17.1 Å². The molecule has 0 aliphatic heterocycles. The number of nitrogens with zero attached hydrogens (tertiary/aromatic N) is 1. The molecule has 2 rings (SSSR count). The van der Waals surface area contributed by atoms with Crippen LogP contribution >= 0.6 is 11.8 Å². The third-order valence-electron chi connectivity index (χ3n) is 2.24. The predicted octanol–water partition coefficient (Wildman–Crippen LogP) is 3.72. The summed E-state index contributed by atoms with van der Waals surface area (Å²) in [5.74, 6) is 1.95. The fraction of sp³-hybridized carbons (Fsp3) is 0.154. The summed E-state index contributed by atoms with van der Waals surface area (Å²) in [6.07, 6.45) is 1.64. The van der Waals surface area contributed by atoms with E-state index in [0.29, 0.717) is 0 Å². The van der Waals surface area contributed by atoms with Crippen molar-refractivity contribution in [3.63, 3.8) is 0 Å². The molecule has 0 radical (unpaired) electrons. The van der Waals surface area contributed by atoms with E-state index in [9.17, 15) is 4.39 Å². The van der Waals surface area contributed by atoms with E-state index < -0.39 is 5.82 Å². The van der Waals surface area contributed by atoms with Crippen LogP contribution in [0.5, 0.6) is 0 Å². The quantitative estimate of drug-likeness (QED) is 0.826. The molecule has 0 amide bonds. The van der Waals surface area contributed by atoms with Gasteiger partial charge < -0.3 is 4.42 Å². The second-order valence-corrected chi connectivity index (χ2v) is 4.48. The molecule has 0 saturated heterocycles. The molecule has 1 aromatic heterocycles. The van der Waals surface area contributed by atoms with Crippen LogP contribution < -0.4 is 0 Å². The molecule has 1 aromatic carbocycles. The third kappa shape index (κ3) is 3.11. The van der Waals surface area contributed by atoms with Crippen LogP contribution in [0.15, 0.2) is 41.0 Å². The van der Waals surface area contributed by atoms with Crippen LogP contribution in [-0.4, -0.2) is 0 Å². The van der Waals surface area contributed by atoms with E-state index in [2.05, 4.69) is 0 Å². The van der Waals surface area contributed by atoms with E-state index in [4.69, 9.17) is 9.68 Å². The predicted molar refractivity (Wildman–Crippen MR) is 64.8 cm³/mol. The zero-order valence-corrected chi connectivity index (χ0v) is 9.84. The minimum absolute atomic E-state index is 0.0982. The van der Waals surface area contributed by atoms with Gasteiger partial charge in [0.15, 0.2) is 0 Å². The summed E-state index contributed by atoms with van der Waals surface area (Å²) < 4.78 is 18.3. The molecule has 0 bridgehead atoms. The zero-order chi connectivity index (χ0) is 12.1. The second-order valence-electron chi connectivity index (χ2n) is 3.50. The minimum Gasteiger partial charge on any atom is -0.468 e. The molecule has 0 unspecified atom stereocenters. The SMILES string of the molecule is N#Cc1cc(CSCc2ccco2)ccc1F. The summed E-state index contributed by atoms with van der Waals surface area (Å²) in [5.41, 5.74) is 1.04. The highest BCUT2D eigenvalue weighted by Gasteiger charge is 2.03. The Hall–Kier alpha value is -1.73. The molecule has 0 aliphatic carbocycles. The summed E-state index contributed by atoms with van der Waals surface area (Å²) >= 11 is 1.66. The molecule has 0 saturated carbocycles. The molecule has 17 heavy (non-hydrogen) atoms. The third-order valence-corrected chi connectivity index (χ3v) is 3.27. The van der Waals surface area contributed by atoms with E-state index in [-0.39, 0.29) is 5.56 Å². The topological polar surface area (TPSA) is 36.9 Å². The highest BCUT2D eigenvalue weighted by Crippen LogP contribution is 2.19. The number of rotatable bonds is 4. The first-order valence-electron chi connectivity index (χ1n) is 5.08. The molecule has 4 heteroatoms. The average Bonchev–Trinajstić information content (AvgIpc) is 2.84. The van der Waals surface area contributed by atoms with Crippen LogP contribution in [0.25, 0.3) is 0 Å². The van der Waals surface area contributed by atoms with Crippen molar-refractivity contribution in [2.24, 2.45) is 0 Å². The molecule has 0 aliphatic rings. The maximum Gasteiger partial charge on any atom is 0.140 e. The highest BCUT2D eigenvalue weighted by atomic mass is 32.2. The fourth-order valence-corrected chi connectivity index (χ4v) is 2.29. The molecule has 0 fully saturated rings. The lowest BCUT2D eigenvalue weighted by atomic mass is 10.1. The number of thioether (sulfide) groups is 1. The minimum atomic E-state index is -0.465. The molecular formula is C13H10FNOS. The summed E-state index contributed by atoms with van der Waals surface area (Å²) in [6, 6.07) is 10.2. The van der Waals surface area contributed by atoms with Gasteiger partial charge in [-0.05, 0) is 29.8 Å². The summed E-state index contributed by atoms with van der Waals surface area (Å²) in [5, 5.41) is 8.71. The number of halogens is 1. The first-order chi connectivity index (χ1) is 8.29. The van der Waals surface area contributed by atoms with Crippen molar-refractivity contribution in [2.75, 3.05) is 0 Å². The Morgan fingerprint density at radius 3 is 2.88 bits per heavy atom. The van der Waals surface area contributed by atoms with Crippen LogP contribution in [0.1, 0.15) is 16.9 Å². The molecule has 0 atom stereocenters. The fourth-order valence-electron chi connectivity index (χ4n) is 1.41. The molecule has 2 aromatic rings. The van der Waals surface area contributed by atoms with Gasteiger partial charge in [0, 0.05) is 5.75 Å². The standard InChI is InChI=1S/C13H10FNOS/c14-13-4-3-10(6-11(13)7-15)8-17-9-12-2-1-5-16-12/h1-6H,8-9H2. The Labute approximate surface area is 103 Å². The number of benzene rings is 1. The smallest absolute Gasteiger partial charge is 0.140 e. The first kappa shape index (κ1) is 11.7. The van der Waals surface area contributed by atoms with Crippen molar-refractivity contribution in [1.82, 2.24) is 0 Å². The van der Waals surface area contributed by atoms with E-state index in [1.54, 1.807) is 30.2 Å². The van der Waals surface area contributed by atoms with Gasteiger partial charge in [-0.15, -0.1) is 11.8 Å². The zero-order valence-electron chi connectivity index (χ0n) is 9.02. The average molecular weight is 247 g/mol. The molecule has 2 nitrogen and oxygen atoms in total.